The summed E-state index contributed by atoms with van der Waals surface area (Å²) in [4.78, 5) is 32.5. The highest BCUT2D eigenvalue weighted by Crippen LogP contribution is 2.14. The predicted octanol–water partition coefficient (Wildman–Crippen LogP) is 3.98. The number of ether oxygens (including phenoxy) is 1. The summed E-state index contributed by atoms with van der Waals surface area (Å²) in [5.41, 5.74) is 2.78. The lowest BCUT2D eigenvalue weighted by molar-refractivity contribution is -0.133. The Bertz CT molecular complexity index is 1100. The molecule has 0 unspecified atom stereocenters. The van der Waals surface area contributed by atoms with E-state index in [9.17, 15) is 9.59 Å². The topological polar surface area (TPSA) is 78.3 Å². The monoisotopic (exact) mass is 490 g/mol. The van der Waals surface area contributed by atoms with E-state index in [2.05, 4.69) is 10.2 Å². The van der Waals surface area contributed by atoms with Crippen molar-refractivity contribution in [2.75, 3.05) is 51.3 Å². The molecule has 0 radical (unpaired) electrons. The molecule has 1 fully saturated rings. The largest absolute Gasteiger partial charge is 0.467 e. The number of carbonyl (C=O) groups is 2. The highest BCUT2D eigenvalue weighted by Gasteiger charge is 2.24. The predicted molar refractivity (Wildman–Crippen MR) is 138 cm³/mol. The van der Waals surface area contributed by atoms with E-state index in [1.165, 1.54) is 0 Å². The maximum Gasteiger partial charge on any atom is 0.322 e. The molecule has 190 valence electrons. The number of hydrogen-bond acceptors (Lipinski definition) is 5. The van der Waals surface area contributed by atoms with Crippen LogP contribution in [0.2, 0.25) is 0 Å². The molecule has 3 aromatic rings. The van der Waals surface area contributed by atoms with E-state index in [0.29, 0.717) is 50.8 Å². The molecule has 0 spiro atoms. The second-order valence-electron chi connectivity index (χ2n) is 8.99. The van der Waals surface area contributed by atoms with Crippen LogP contribution in [0.25, 0.3) is 0 Å². The van der Waals surface area contributed by atoms with Crippen LogP contribution in [-0.2, 0) is 22.6 Å². The lowest BCUT2D eigenvalue weighted by atomic mass is 10.2. The Labute approximate surface area is 212 Å². The number of rotatable bonds is 10. The van der Waals surface area contributed by atoms with Crippen LogP contribution in [0.3, 0.4) is 0 Å². The van der Waals surface area contributed by atoms with E-state index < -0.39 is 0 Å². The second kappa shape index (κ2) is 12.9. The lowest BCUT2D eigenvalue weighted by Gasteiger charge is -2.31. The molecule has 2 heterocycles. The Balaban J connectivity index is 1.48. The number of hydrogen-bond donors (Lipinski definition) is 1. The van der Waals surface area contributed by atoms with E-state index >= 15 is 0 Å². The summed E-state index contributed by atoms with van der Waals surface area (Å²) in [6.07, 6.45) is 1.60. The SMILES string of the molecule is Cc1cccc(NC(=O)N(CCN2CCOCC2)CC(=O)N(Cc2ccccc2)Cc2ccco2)c1. The highest BCUT2D eigenvalue weighted by atomic mass is 16.5. The fraction of sp³-hybridized carbons (Fsp3) is 0.357. The van der Waals surface area contributed by atoms with E-state index in [1.807, 2.05) is 73.7 Å². The van der Waals surface area contributed by atoms with Crippen LogP contribution in [0.5, 0.6) is 0 Å². The van der Waals surface area contributed by atoms with Crippen molar-refractivity contribution in [1.29, 1.82) is 0 Å². The van der Waals surface area contributed by atoms with Gasteiger partial charge in [0.2, 0.25) is 5.91 Å². The molecular weight excluding hydrogens is 456 g/mol. The maximum absolute atomic E-state index is 13.6. The first kappa shape index (κ1) is 25.5. The van der Waals surface area contributed by atoms with Gasteiger partial charge < -0.3 is 24.3 Å². The third-order valence-corrected chi connectivity index (χ3v) is 6.17. The normalized spacial score (nSPS) is 13.8. The van der Waals surface area contributed by atoms with Crippen molar-refractivity contribution in [1.82, 2.24) is 14.7 Å². The summed E-state index contributed by atoms with van der Waals surface area (Å²) < 4.78 is 11.0. The number of aryl methyl sites for hydroxylation is 1. The fourth-order valence-electron chi connectivity index (χ4n) is 4.15. The van der Waals surface area contributed by atoms with Gasteiger partial charge in [0.1, 0.15) is 12.3 Å². The highest BCUT2D eigenvalue weighted by molar-refractivity contribution is 5.92. The third kappa shape index (κ3) is 7.69. The van der Waals surface area contributed by atoms with Gasteiger partial charge in [-0.05, 0) is 42.3 Å². The molecule has 0 atom stereocenters. The molecule has 1 aliphatic rings. The number of nitrogens with one attached hydrogen (secondary N) is 1. The molecule has 1 aromatic heterocycles. The zero-order valence-electron chi connectivity index (χ0n) is 20.8. The van der Waals surface area contributed by atoms with Crippen molar-refractivity contribution in [3.8, 4) is 0 Å². The van der Waals surface area contributed by atoms with Gasteiger partial charge in [0.25, 0.3) is 0 Å². The number of carbonyl (C=O) groups excluding carboxylic acids is 2. The average molecular weight is 491 g/mol. The van der Waals surface area contributed by atoms with Gasteiger partial charge in [-0.25, -0.2) is 4.79 Å². The van der Waals surface area contributed by atoms with Crippen molar-refractivity contribution in [3.05, 3.63) is 89.9 Å². The summed E-state index contributed by atoms with van der Waals surface area (Å²) in [5, 5.41) is 2.96. The minimum absolute atomic E-state index is 0.0322. The minimum Gasteiger partial charge on any atom is -0.467 e. The molecule has 0 saturated carbocycles. The van der Waals surface area contributed by atoms with E-state index in [1.54, 1.807) is 16.1 Å². The molecule has 0 bridgehead atoms. The van der Waals surface area contributed by atoms with Crippen LogP contribution in [0.1, 0.15) is 16.9 Å². The minimum atomic E-state index is -0.292. The van der Waals surface area contributed by atoms with Crippen molar-refractivity contribution in [2.24, 2.45) is 0 Å². The summed E-state index contributed by atoms with van der Waals surface area (Å²) in [5.74, 6) is 0.556. The van der Waals surface area contributed by atoms with Gasteiger partial charge in [0, 0.05) is 38.4 Å². The lowest BCUT2D eigenvalue weighted by Crippen LogP contribution is -2.48. The summed E-state index contributed by atoms with van der Waals surface area (Å²) >= 11 is 0. The van der Waals surface area contributed by atoms with Gasteiger partial charge in [-0.3, -0.25) is 9.69 Å². The average Bonchev–Trinajstić information content (AvgIpc) is 3.40. The maximum atomic E-state index is 13.6. The fourth-order valence-corrected chi connectivity index (χ4v) is 4.15. The van der Waals surface area contributed by atoms with Crippen LogP contribution in [0, 0.1) is 6.92 Å². The van der Waals surface area contributed by atoms with E-state index in [4.69, 9.17) is 9.15 Å². The van der Waals surface area contributed by atoms with Crippen molar-refractivity contribution in [3.63, 3.8) is 0 Å². The number of amides is 3. The molecule has 3 amide bonds. The first-order valence-electron chi connectivity index (χ1n) is 12.3. The van der Waals surface area contributed by atoms with Gasteiger partial charge in [-0.15, -0.1) is 0 Å². The van der Waals surface area contributed by atoms with E-state index in [0.717, 1.165) is 24.2 Å². The number of urea groups is 1. The Kier molecular flexibility index (Phi) is 9.13. The molecule has 0 aliphatic carbocycles. The molecule has 2 aromatic carbocycles. The zero-order valence-corrected chi connectivity index (χ0v) is 20.8. The molecular formula is C28H34N4O4. The molecule has 4 rings (SSSR count). The third-order valence-electron chi connectivity index (χ3n) is 6.17. The quantitative estimate of drug-likeness (QED) is 0.465. The number of morpholine rings is 1. The summed E-state index contributed by atoms with van der Waals surface area (Å²) in [6.45, 7) is 6.82. The second-order valence-corrected chi connectivity index (χ2v) is 8.99. The van der Waals surface area contributed by atoms with Gasteiger partial charge >= 0.3 is 6.03 Å². The van der Waals surface area contributed by atoms with E-state index in [-0.39, 0.29) is 18.5 Å². The van der Waals surface area contributed by atoms with Crippen LogP contribution >= 0.6 is 0 Å². The Morgan fingerprint density at radius 3 is 2.47 bits per heavy atom. The van der Waals surface area contributed by atoms with Crippen molar-refractivity contribution in [2.45, 2.75) is 20.0 Å². The first-order valence-corrected chi connectivity index (χ1v) is 12.3. The number of nitrogens with zero attached hydrogens (tertiary/aromatic N) is 3. The number of benzene rings is 2. The number of anilines is 1. The van der Waals surface area contributed by atoms with Crippen LogP contribution in [-0.4, -0.2) is 72.6 Å². The Hall–Kier alpha value is -3.62. The molecule has 36 heavy (non-hydrogen) atoms. The molecule has 8 heteroatoms. The Morgan fingerprint density at radius 1 is 0.944 bits per heavy atom. The molecule has 1 aliphatic heterocycles. The molecule has 8 nitrogen and oxygen atoms in total. The van der Waals surface area contributed by atoms with Gasteiger partial charge in [-0.1, -0.05) is 42.5 Å². The molecule has 1 saturated heterocycles. The van der Waals surface area contributed by atoms with Crippen LogP contribution in [0.4, 0.5) is 10.5 Å². The first-order chi connectivity index (χ1) is 17.6. The number of furan rings is 1. The zero-order chi connectivity index (χ0) is 25.2. The van der Waals surface area contributed by atoms with Crippen molar-refractivity contribution >= 4 is 17.6 Å². The Morgan fingerprint density at radius 2 is 1.75 bits per heavy atom. The van der Waals surface area contributed by atoms with Gasteiger partial charge in [0.15, 0.2) is 0 Å². The summed E-state index contributed by atoms with van der Waals surface area (Å²) in [7, 11) is 0. The molecule has 1 N–H and O–H groups in total. The van der Waals surface area contributed by atoms with Gasteiger partial charge in [0.05, 0.1) is 26.0 Å². The summed E-state index contributed by atoms with van der Waals surface area (Å²) in [6, 6.07) is 20.9. The standard InChI is InChI=1S/C28H34N4O4/c1-23-7-5-10-25(19-23)29-28(34)31(13-12-30-14-17-35-18-15-30)22-27(33)32(21-26-11-6-16-36-26)20-24-8-3-2-4-9-24/h2-11,16,19H,12-15,17-18,20-22H2,1H3,(H,29,34). The van der Waals surface area contributed by atoms with Crippen LogP contribution < -0.4 is 5.32 Å². The smallest absolute Gasteiger partial charge is 0.322 e. The van der Waals surface area contributed by atoms with Crippen molar-refractivity contribution < 1.29 is 18.7 Å². The van der Waals surface area contributed by atoms with Crippen LogP contribution in [0.15, 0.2) is 77.4 Å². The van der Waals surface area contributed by atoms with Gasteiger partial charge in [-0.2, -0.15) is 0 Å².